The van der Waals surface area contributed by atoms with Crippen molar-refractivity contribution in [2.45, 2.75) is 46.1 Å². The number of halogens is 1. The van der Waals surface area contributed by atoms with Gasteiger partial charge in [-0.2, -0.15) is 0 Å². The highest BCUT2D eigenvalue weighted by Crippen LogP contribution is 2.52. The average Bonchev–Trinajstić information content (AvgIpc) is 2.34. The highest BCUT2D eigenvalue weighted by molar-refractivity contribution is 5.30. The minimum atomic E-state index is -0.879. The highest BCUT2D eigenvalue weighted by Gasteiger charge is 2.48. The zero-order valence-corrected chi connectivity index (χ0v) is 11.0. The standard InChI is InChI=1S/C15H21FO/c1-10-5-12(7-13(16)6-10)15(17)9-14(3,4)8-11(15)2/h5-7,11,17H,8-9H2,1-4H3. The predicted molar refractivity (Wildman–Crippen MR) is 67.2 cm³/mol. The summed E-state index contributed by atoms with van der Waals surface area (Å²) in [6.45, 7) is 8.23. The van der Waals surface area contributed by atoms with Gasteiger partial charge in [0, 0.05) is 0 Å². The van der Waals surface area contributed by atoms with Crippen molar-refractivity contribution in [2.75, 3.05) is 0 Å². The van der Waals surface area contributed by atoms with Crippen molar-refractivity contribution in [1.29, 1.82) is 0 Å². The minimum Gasteiger partial charge on any atom is -0.385 e. The van der Waals surface area contributed by atoms with Crippen LogP contribution in [0.2, 0.25) is 0 Å². The monoisotopic (exact) mass is 236 g/mol. The van der Waals surface area contributed by atoms with E-state index in [0.717, 1.165) is 17.5 Å². The van der Waals surface area contributed by atoms with Crippen molar-refractivity contribution in [2.24, 2.45) is 11.3 Å². The molecule has 0 radical (unpaired) electrons. The molecule has 0 aromatic heterocycles. The maximum absolute atomic E-state index is 13.5. The SMILES string of the molecule is Cc1cc(F)cc(C2(O)CC(C)(C)CC2C)c1. The topological polar surface area (TPSA) is 20.2 Å². The molecule has 2 rings (SSSR count). The summed E-state index contributed by atoms with van der Waals surface area (Å²) in [5.41, 5.74) is 0.837. The molecule has 94 valence electrons. The normalized spacial score (nSPS) is 31.8. The van der Waals surface area contributed by atoms with Crippen LogP contribution in [0.1, 0.15) is 44.7 Å². The first-order valence-electron chi connectivity index (χ1n) is 6.23. The quantitative estimate of drug-likeness (QED) is 0.786. The Labute approximate surface area is 103 Å². The lowest BCUT2D eigenvalue weighted by Gasteiger charge is -2.29. The Morgan fingerprint density at radius 1 is 1.29 bits per heavy atom. The molecule has 1 aliphatic rings. The van der Waals surface area contributed by atoms with Gasteiger partial charge in [-0.25, -0.2) is 4.39 Å². The van der Waals surface area contributed by atoms with Crippen LogP contribution in [-0.4, -0.2) is 5.11 Å². The van der Waals surface area contributed by atoms with Crippen molar-refractivity contribution in [3.05, 3.63) is 35.1 Å². The summed E-state index contributed by atoms with van der Waals surface area (Å²) in [6, 6.07) is 4.88. The van der Waals surface area contributed by atoms with E-state index in [0.29, 0.717) is 6.42 Å². The van der Waals surface area contributed by atoms with Crippen LogP contribution >= 0.6 is 0 Å². The van der Waals surface area contributed by atoms with E-state index in [4.69, 9.17) is 0 Å². The summed E-state index contributed by atoms with van der Waals surface area (Å²) in [6.07, 6.45) is 1.67. The Morgan fingerprint density at radius 2 is 1.94 bits per heavy atom. The second-order valence-corrected chi connectivity index (χ2v) is 6.39. The Morgan fingerprint density at radius 3 is 2.41 bits per heavy atom. The molecule has 1 aliphatic carbocycles. The molecule has 0 saturated heterocycles. The Bertz CT molecular complexity index is 418. The number of hydrogen-bond acceptors (Lipinski definition) is 1. The molecular weight excluding hydrogens is 215 g/mol. The zero-order chi connectivity index (χ0) is 12.8. The molecule has 0 aliphatic heterocycles. The molecule has 1 aromatic rings. The molecule has 2 heteroatoms. The molecule has 1 aromatic carbocycles. The Kier molecular flexibility index (Phi) is 2.81. The van der Waals surface area contributed by atoms with Crippen molar-refractivity contribution in [3.63, 3.8) is 0 Å². The van der Waals surface area contributed by atoms with E-state index in [1.807, 2.05) is 13.0 Å². The Balaban J connectivity index is 2.45. The molecule has 1 fully saturated rings. The molecule has 17 heavy (non-hydrogen) atoms. The average molecular weight is 236 g/mol. The van der Waals surface area contributed by atoms with Crippen LogP contribution in [0.3, 0.4) is 0 Å². The van der Waals surface area contributed by atoms with Gasteiger partial charge in [-0.05, 0) is 54.4 Å². The number of rotatable bonds is 1. The molecule has 0 heterocycles. The second kappa shape index (κ2) is 3.81. The van der Waals surface area contributed by atoms with E-state index in [-0.39, 0.29) is 17.2 Å². The van der Waals surface area contributed by atoms with E-state index in [2.05, 4.69) is 20.8 Å². The fourth-order valence-electron chi connectivity index (χ4n) is 3.35. The molecule has 2 atom stereocenters. The second-order valence-electron chi connectivity index (χ2n) is 6.39. The fourth-order valence-corrected chi connectivity index (χ4v) is 3.35. The van der Waals surface area contributed by atoms with Gasteiger partial charge >= 0.3 is 0 Å². The van der Waals surface area contributed by atoms with Gasteiger partial charge in [0.05, 0.1) is 5.60 Å². The summed E-state index contributed by atoms with van der Waals surface area (Å²) in [7, 11) is 0. The smallest absolute Gasteiger partial charge is 0.123 e. The zero-order valence-electron chi connectivity index (χ0n) is 11.0. The molecule has 0 bridgehead atoms. The highest BCUT2D eigenvalue weighted by atomic mass is 19.1. The molecular formula is C15H21FO. The molecule has 1 N–H and O–H groups in total. The summed E-state index contributed by atoms with van der Waals surface area (Å²) in [5.74, 6) is -0.0935. The van der Waals surface area contributed by atoms with Crippen LogP contribution in [0.5, 0.6) is 0 Å². The van der Waals surface area contributed by atoms with Gasteiger partial charge in [0.25, 0.3) is 0 Å². The first kappa shape index (κ1) is 12.6. The van der Waals surface area contributed by atoms with Gasteiger partial charge in [0.1, 0.15) is 5.82 Å². The van der Waals surface area contributed by atoms with E-state index >= 15 is 0 Å². The summed E-state index contributed by atoms with van der Waals surface area (Å²) < 4.78 is 13.5. The predicted octanol–water partition coefficient (Wildman–Crippen LogP) is 3.78. The minimum absolute atomic E-state index is 0.119. The van der Waals surface area contributed by atoms with E-state index in [9.17, 15) is 9.50 Å². The maximum Gasteiger partial charge on any atom is 0.123 e. The third-order valence-electron chi connectivity index (χ3n) is 3.96. The van der Waals surface area contributed by atoms with Gasteiger partial charge < -0.3 is 5.11 Å². The van der Waals surface area contributed by atoms with Crippen LogP contribution in [0.25, 0.3) is 0 Å². The maximum atomic E-state index is 13.5. The van der Waals surface area contributed by atoms with Crippen LogP contribution in [-0.2, 0) is 5.60 Å². The lowest BCUT2D eigenvalue weighted by molar-refractivity contribution is -0.00116. The van der Waals surface area contributed by atoms with E-state index in [1.54, 1.807) is 0 Å². The van der Waals surface area contributed by atoms with Gasteiger partial charge in [-0.3, -0.25) is 0 Å². The molecule has 2 unspecified atom stereocenters. The summed E-state index contributed by atoms with van der Waals surface area (Å²) in [5, 5.41) is 10.8. The number of aryl methyl sites for hydroxylation is 1. The van der Waals surface area contributed by atoms with Crippen molar-refractivity contribution in [1.82, 2.24) is 0 Å². The van der Waals surface area contributed by atoms with Gasteiger partial charge in [-0.1, -0.05) is 26.8 Å². The van der Waals surface area contributed by atoms with Crippen LogP contribution in [0.4, 0.5) is 4.39 Å². The van der Waals surface area contributed by atoms with E-state index < -0.39 is 5.60 Å². The van der Waals surface area contributed by atoms with Crippen LogP contribution < -0.4 is 0 Å². The molecule has 1 nitrogen and oxygen atoms in total. The number of hydrogen-bond donors (Lipinski definition) is 1. The molecule has 1 saturated carbocycles. The molecule has 0 spiro atoms. The third-order valence-corrected chi connectivity index (χ3v) is 3.96. The van der Waals surface area contributed by atoms with E-state index in [1.165, 1.54) is 12.1 Å². The third kappa shape index (κ3) is 2.23. The summed E-state index contributed by atoms with van der Waals surface area (Å²) in [4.78, 5) is 0. The number of benzene rings is 1. The first-order chi connectivity index (χ1) is 7.73. The lowest BCUT2D eigenvalue weighted by Crippen LogP contribution is -2.29. The van der Waals surface area contributed by atoms with Crippen molar-refractivity contribution in [3.8, 4) is 0 Å². The van der Waals surface area contributed by atoms with Gasteiger partial charge in [0.2, 0.25) is 0 Å². The summed E-state index contributed by atoms with van der Waals surface area (Å²) >= 11 is 0. The Hall–Kier alpha value is -0.890. The van der Waals surface area contributed by atoms with Gasteiger partial charge in [-0.15, -0.1) is 0 Å². The molecule has 0 amide bonds. The first-order valence-corrected chi connectivity index (χ1v) is 6.23. The van der Waals surface area contributed by atoms with Crippen LogP contribution in [0.15, 0.2) is 18.2 Å². The van der Waals surface area contributed by atoms with Crippen molar-refractivity contribution < 1.29 is 9.50 Å². The van der Waals surface area contributed by atoms with Crippen LogP contribution in [0, 0.1) is 24.1 Å². The number of aliphatic hydroxyl groups is 1. The van der Waals surface area contributed by atoms with Gasteiger partial charge in [0.15, 0.2) is 0 Å². The largest absolute Gasteiger partial charge is 0.385 e. The van der Waals surface area contributed by atoms with Crippen molar-refractivity contribution >= 4 is 0 Å². The fraction of sp³-hybridized carbons (Fsp3) is 0.600. The lowest BCUT2D eigenvalue weighted by atomic mass is 9.83.